The number of aromatic nitrogens is 3. The molecule has 0 radical (unpaired) electrons. The van der Waals surface area contributed by atoms with Crippen LogP contribution in [0.5, 0.6) is 0 Å². The summed E-state index contributed by atoms with van der Waals surface area (Å²) in [5.41, 5.74) is 0. The number of ether oxygens (including phenoxy) is 1. The molecule has 3 rings (SSSR count). The first-order valence-electron chi connectivity index (χ1n) is 5.82. The van der Waals surface area contributed by atoms with E-state index >= 15 is 0 Å². The summed E-state index contributed by atoms with van der Waals surface area (Å²) in [6, 6.07) is 1.68. The van der Waals surface area contributed by atoms with Gasteiger partial charge < -0.3 is 13.8 Å². The van der Waals surface area contributed by atoms with Crippen molar-refractivity contribution >= 4 is 11.6 Å². The van der Waals surface area contributed by atoms with Crippen molar-refractivity contribution in [3.63, 3.8) is 0 Å². The molecule has 2 aromatic heterocycles. The summed E-state index contributed by atoms with van der Waals surface area (Å²) in [5.74, 6) is 2.31. The molecule has 1 atom stereocenters. The van der Waals surface area contributed by atoms with Gasteiger partial charge in [0.2, 0.25) is 5.89 Å². The van der Waals surface area contributed by atoms with Gasteiger partial charge in [0.1, 0.15) is 5.76 Å². The highest BCUT2D eigenvalue weighted by molar-refractivity contribution is 6.29. The van der Waals surface area contributed by atoms with E-state index in [1.54, 1.807) is 6.07 Å². The molecule has 0 saturated carbocycles. The quantitative estimate of drug-likeness (QED) is 0.845. The fourth-order valence-corrected chi connectivity index (χ4v) is 2.07. The van der Waals surface area contributed by atoms with Gasteiger partial charge in [0.15, 0.2) is 11.0 Å². The molecular weight excluding hydrogens is 258 g/mol. The van der Waals surface area contributed by atoms with Crippen LogP contribution in [0.25, 0.3) is 0 Å². The number of halogens is 1. The number of hydrogen-bond acceptors (Lipinski definition) is 6. The van der Waals surface area contributed by atoms with E-state index in [0.29, 0.717) is 36.3 Å². The summed E-state index contributed by atoms with van der Waals surface area (Å²) in [6.45, 7) is 1.45. The molecule has 0 bridgehead atoms. The summed E-state index contributed by atoms with van der Waals surface area (Å²) in [7, 11) is 0. The van der Waals surface area contributed by atoms with Crippen LogP contribution in [0.2, 0.25) is 5.15 Å². The normalized spacial score (nSPS) is 19.5. The molecule has 0 spiro atoms. The first-order chi connectivity index (χ1) is 8.81. The zero-order valence-corrected chi connectivity index (χ0v) is 10.4. The average molecular weight is 270 g/mol. The average Bonchev–Trinajstić information content (AvgIpc) is 3.07. The van der Waals surface area contributed by atoms with Crippen molar-refractivity contribution in [3.8, 4) is 0 Å². The lowest BCUT2D eigenvalue weighted by molar-refractivity contribution is 0.192. The van der Waals surface area contributed by atoms with Crippen LogP contribution in [0.15, 0.2) is 15.1 Å². The Morgan fingerprint density at radius 1 is 1.28 bits per heavy atom. The maximum Gasteiger partial charge on any atom is 0.227 e. The summed E-state index contributed by atoms with van der Waals surface area (Å²) in [6.07, 6.45) is 2.21. The van der Waals surface area contributed by atoms with Gasteiger partial charge >= 0.3 is 0 Å². The van der Waals surface area contributed by atoms with Crippen LogP contribution in [0.3, 0.4) is 0 Å². The van der Waals surface area contributed by atoms with Gasteiger partial charge in [-0.3, -0.25) is 0 Å². The zero-order chi connectivity index (χ0) is 12.4. The van der Waals surface area contributed by atoms with Crippen molar-refractivity contribution < 1.29 is 13.8 Å². The summed E-state index contributed by atoms with van der Waals surface area (Å²) < 4.78 is 15.5. The number of nitrogens with zero attached hydrogens (tertiary/aromatic N) is 3. The molecule has 7 heteroatoms. The van der Waals surface area contributed by atoms with Crippen LogP contribution in [0, 0.1) is 0 Å². The van der Waals surface area contributed by atoms with Crippen molar-refractivity contribution in [2.45, 2.75) is 25.2 Å². The largest absolute Gasteiger partial charge is 0.381 e. The van der Waals surface area contributed by atoms with E-state index in [4.69, 9.17) is 25.4 Å². The predicted molar refractivity (Wildman–Crippen MR) is 61.4 cm³/mol. The van der Waals surface area contributed by atoms with E-state index in [9.17, 15) is 0 Å². The lowest BCUT2D eigenvalue weighted by Crippen LogP contribution is -2.00. The predicted octanol–water partition coefficient (Wildman–Crippen LogP) is 2.00. The molecule has 96 valence electrons. The smallest absolute Gasteiger partial charge is 0.227 e. The van der Waals surface area contributed by atoms with E-state index in [0.717, 1.165) is 18.9 Å². The highest BCUT2D eigenvalue weighted by Gasteiger charge is 2.23. The first kappa shape index (κ1) is 11.7. The monoisotopic (exact) mass is 269 g/mol. The lowest BCUT2D eigenvalue weighted by Gasteiger charge is -1.97. The Bertz CT molecular complexity index is 519. The van der Waals surface area contributed by atoms with Crippen LogP contribution in [-0.4, -0.2) is 28.5 Å². The molecule has 18 heavy (non-hydrogen) atoms. The minimum absolute atomic E-state index is 0.266. The molecule has 0 N–H and O–H groups in total. The van der Waals surface area contributed by atoms with Crippen LogP contribution in [-0.2, 0) is 17.6 Å². The van der Waals surface area contributed by atoms with Crippen LogP contribution < -0.4 is 0 Å². The van der Waals surface area contributed by atoms with E-state index in [2.05, 4.69) is 15.3 Å². The molecule has 2 aromatic rings. The van der Waals surface area contributed by atoms with Crippen molar-refractivity contribution in [3.05, 3.63) is 28.7 Å². The van der Waals surface area contributed by atoms with Crippen LogP contribution in [0.1, 0.15) is 29.8 Å². The first-order valence-corrected chi connectivity index (χ1v) is 6.20. The second-order valence-corrected chi connectivity index (χ2v) is 4.61. The van der Waals surface area contributed by atoms with Gasteiger partial charge in [-0.05, 0) is 6.42 Å². The van der Waals surface area contributed by atoms with Crippen molar-refractivity contribution in [2.24, 2.45) is 0 Å². The van der Waals surface area contributed by atoms with Crippen LogP contribution >= 0.6 is 11.6 Å². The molecular formula is C11H12ClN3O3. The SMILES string of the molecule is Clc1cc(CCc2nc([C@@H]3CCOC3)no2)on1. The number of rotatable bonds is 4. The molecule has 6 nitrogen and oxygen atoms in total. The maximum absolute atomic E-state index is 5.66. The number of aryl methyl sites for hydroxylation is 2. The van der Waals surface area contributed by atoms with Gasteiger partial charge in [0.05, 0.1) is 6.61 Å². The molecule has 1 aliphatic heterocycles. The highest BCUT2D eigenvalue weighted by atomic mass is 35.5. The van der Waals surface area contributed by atoms with E-state index in [1.165, 1.54) is 0 Å². The fraction of sp³-hybridized carbons (Fsp3) is 0.545. The summed E-state index contributed by atoms with van der Waals surface area (Å²) in [5, 5.41) is 7.94. The van der Waals surface area contributed by atoms with Gasteiger partial charge in [0, 0.05) is 31.4 Å². The van der Waals surface area contributed by atoms with E-state index in [1.807, 2.05) is 0 Å². The lowest BCUT2D eigenvalue weighted by atomic mass is 10.1. The van der Waals surface area contributed by atoms with Gasteiger partial charge in [-0.25, -0.2) is 0 Å². The molecule has 1 aliphatic rings. The summed E-state index contributed by atoms with van der Waals surface area (Å²) >= 11 is 5.66. The van der Waals surface area contributed by atoms with Crippen molar-refractivity contribution in [1.29, 1.82) is 0 Å². The summed E-state index contributed by atoms with van der Waals surface area (Å²) in [4.78, 5) is 4.36. The van der Waals surface area contributed by atoms with Crippen molar-refractivity contribution in [2.75, 3.05) is 13.2 Å². The zero-order valence-electron chi connectivity index (χ0n) is 9.63. The minimum atomic E-state index is 0.266. The second kappa shape index (κ2) is 5.07. The van der Waals surface area contributed by atoms with E-state index in [-0.39, 0.29) is 5.92 Å². The third-order valence-electron chi connectivity index (χ3n) is 2.89. The molecule has 0 unspecified atom stereocenters. The molecule has 0 amide bonds. The fourth-order valence-electron chi connectivity index (χ4n) is 1.91. The second-order valence-electron chi connectivity index (χ2n) is 4.22. The standard InChI is InChI=1S/C11H12ClN3O3/c12-9-5-8(17-14-9)1-2-10-13-11(15-18-10)7-3-4-16-6-7/h5,7H,1-4,6H2/t7-/m1/s1. The Balaban J connectivity index is 1.59. The molecule has 0 aliphatic carbocycles. The molecule has 1 saturated heterocycles. The molecule has 3 heterocycles. The third-order valence-corrected chi connectivity index (χ3v) is 3.07. The number of hydrogen-bond donors (Lipinski definition) is 0. The third kappa shape index (κ3) is 2.54. The van der Waals surface area contributed by atoms with Gasteiger partial charge in [0.25, 0.3) is 0 Å². The Hall–Kier alpha value is -1.40. The topological polar surface area (TPSA) is 74.2 Å². The van der Waals surface area contributed by atoms with Gasteiger partial charge in [-0.1, -0.05) is 21.9 Å². The Morgan fingerprint density at radius 3 is 2.94 bits per heavy atom. The maximum atomic E-state index is 5.66. The van der Waals surface area contributed by atoms with Gasteiger partial charge in [-0.15, -0.1) is 0 Å². The Morgan fingerprint density at radius 2 is 2.22 bits per heavy atom. The molecule has 1 fully saturated rings. The Labute approximate surface area is 108 Å². The Kier molecular flexibility index (Phi) is 3.29. The highest BCUT2D eigenvalue weighted by Crippen LogP contribution is 2.22. The van der Waals surface area contributed by atoms with Crippen LogP contribution in [0.4, 0.5) is 0 Å². The minimum Gasteiger partial charge on any atom is -0.381 e. The molecule has 0 aromatic carbocycles. The van der Waals surface area contributed by atoms with E-state index < -0.39 is 0 Å². The van der Waals surface area contributed by atoms with Crippen molar-refractivity contribution in [1.82, 2.24) is 15.3 Å². The van der Waals surface area contributed by atoms with Gasteiger partial charge in [-0.2, -0.15) is 4.98 Å².